The maximum Gasteiger partial charge on any atom is 0.288 e. The SMILES string of the molecule is O=C(COc1cccc2c1CCC2=O)Nc1ccc(SC(F)F)cc1. The highest BCUT2D eigenvalue weighted by molar-refractivity contribution is 7.99. The molecule has 0 spiro atoms. The van der Waals surface area contributed by atoms with E-state index in [1.807, 2.05) is 0 Å². The molecule has 0 radical (unpaired) electrons. The lowest BCUT2D eigenvalue weighted by Crippen LogP contribution is -2.20. The zero-order valence-electron chi connectivity index (χ0n) is 13.1. The van der Waals surface area contributed by atoms with Gasteiger partial charge in [0.15, 0.2) is 12.4 Å². The third-order valence-electron chi connectivity index (χ3n) is 3.76. The van der Waals surface area contributed by atoms with Gasteiger partial charge in [-0.1, -0.05) is 23.9 Å². The summed E-state index contributed by atoms with van der Waals surface area (Å²) in [5, 5.41) is 2.64. The Morgan fingerprint density at radius 2 is 1.92 bits per heavy atom. The fourth-order valence-corrected chi connectivity index (χ4v) is 3.15. The first kappa shape index (κ1) is 17.4. The fourth-order valence-electron chi connectivity index (χ4n) is 2.65. The third-order valence-corrected chi connectivity index (χ3v) is 4.48. The van der Waals surface area contributed by atoms with Gasteiger partial charge < -0.3 is 10.1 Å². The van der Waals surface area contributed by atoms with E-state index >= 15 is 0 Å². The summed E-state index contributed by atoms with van der Waals surface area (Å²) in [6, 6.07) is 11.4. The predicted octanol–water partition coefficient (Wildman–Crippen LogP) is 4.15. The molecule has 2 aromatic carbocycles. The van der Waals surface area contributed by atoms with Crippen LogP contribution < -0.4 is 10.1 Å². The van der Waals surface area contributed by atoms with Crippen molar-refractivity contribution in [2.45, 2.75) is 23.5 Å². The number of alkyl halides is 2. The van der Waals surface area contributed by atoms with Crippen LogP contribution in [-0.2, 0) is 11.2 Å². The van der Waals surface area contributed by atoms with Crippen LogP contribution in [0, 0.1) is 0 Å². The number of ether oxygens (including phenoxy) is 1. The van der Waals surface area contributed by atoms with Crippen LogP contribution >= 0.6 is 11.8 Å². The molecule has 2 aromatic rings. The minimum Gasteiger partial charge on any atom is -0.483 e. The maximum absolute atomic E-state index is 12.3. The summed E-state index contributed by atoms with van der Waals surface area (Å²) in [5.74, 6) is -2.21. The number of amides is 1. The lowest BCUT2D eigenvalue weighted by Gasteiger charge is -2.11. The molecule has 0 aliphatic heterocycles. The molecular formula is C18H15F2NO3S. The van der Waals surface area contributed by atoms with E-state index in [0.717, 1.165) is 5.56 Å². The van der Waals surface area contributed by atoms with Gasteiger partial charge in [-0.05, 0) is 36.8 Å². The molecule has 1 aliphatic carbocycles. The Balaban J connectivity index is 1.56. The normalized spacial score (nSPS) is 13.0. The molecule has 0 atom stereocenters. The number of carbonyl (C=O) groups excluding carboxylic acids is 2. The number of nitrogens with one attached hydrogen (secondary N) is 1. The van der Waals surface area contributed by atoms with Gasteiger partial charge in [-0.3, -0.25) is 9.59 Å². The van der Waals surface area contributed by atoms with E-state index < -0.39 is 5.76 Å². The summed E-state index contributed by atoms with van der Waals surface area (Å²) in [6.07, 6.45) is 1.08. The summed E-state index contributed by atoms with van der Waals surface area (Å²) < 4.78 is 30.1. The molecule has 130 valence electrons. The molecular weight excluding hydrogens is 348 g/mol. The number of rotatable bonds is 6. The van der Waals surface area contributed by atoms with Crippen molar-refractivity contribution in [1.29, 1.82) is 0 Å². The molecule has 0 fully saturated rings. The Bertz CT molecular complexity index is 793. The number of Topliss-reactive ketones (excluding diaryl/α,β-unsaturated/α-hetero) is 1. The van der Waals surface area contributed by atoms with Crippen molar-refractivity contribution < 1.29 is 23.1 Å². The average molecular weight is 363 g/mol. The molecule has 0 aromatic heterocycles. The molecule has 0 saturated carbocycles. The zero-order valence-corrected chi connectivity index (χ0v) is 13.9. The summed E-state index contributed by atoms with van der Waals surface area (Å²) in [5.41, 5.74) is 2.00. The first-order valence-electron chi connectivity index (χ1n) is 7.65. The van der Waals surface area contributed by atoms with Crippen LogP contribution in [0.5, 0.6) is 5.75 Å². The summed E-state index contributed by atoms with van der Waals surface area (Å²) in [7, 11) is 0. The molecule has 0 bridgehead atoms. The number of anilines is 1. The standard InChI is InChI=1S/C18H15F2NO3S/c19-18(20)25-12-6-4-11(5-7-12)21-17(23)10-24-16-3-1-2-13-14(16)8-9-15(13)22/h1-7,18H,8-10H2,(H,21,23). The average Bonchev–Trinajstić information content (AvgIpc) is 2.96. The number of thioether (sulfide) groups is 1. The topological polar surface area (TPSA) is 55.4 Å². The quantitative estimate of drug-likeness (QED) is 0.784. The second kappa shape index (κ2) is 7.65. The van der Waals surface area contributed by atoms with Crippen LogP contribution in [0.25, 0.3) is 0 Å². The van der Waals surface area contributed by atoms with Crippen molar-refractivity contribution in [3.05, 3.63) is 53.6 Å². The molecule has 25 heavy (non-hydrogen) atoms. The van der Waals surface area contributed by atoms with E-state index in [1.54, 1.807) is 30.3 Å². The summed E-state index contributed by atoms with van der Waals surface area (Å²) in [6.45, 7) is -0.196. The monoisotopic (exact) mass is 363 g/mol. The smallest absolute Gasteiger partial charge is 0.288 e. The number of hydrogen-bond donors (Lipinski definition) is 1. The molecule has 3 rings (SSSR count). The zero-order chi connectivity index (χ0) is 17.8. The van der Waals surface area contributed by atoms with Crippen LogP contribution in [0.3, 0.4) is 0 Å². The van der Waals surface area contributed by atoms with Crippen LogP contribution in [-0.4, -0.2) is 24.1 Å². The summed E-state index contributed by atoms with van der Waals surface area (Å²) in [4.78, 5) is 24.1. The lowest BCUT2D eigenvalue weighted by molar-refractivity contribution is -0.118. The van der Waals surface area contributed by atoms with Crippen molar-refractivity contribution in [1.82, 2.24) is 0 Å². The lowest BCUT2D eigenvalue weighted by atomic mass is 10.1. The van der Waals surface area contributed by atoms with Crippen molar-refractivity contribution in [3.63, 3.8) is 0 Å². The minimum atomic E-state index is -2.48. The number of fused-ring (bicyclic) bond motifs is 1. The van der Waals surface area contributed by atoms with Crippen LogP contribution in [0.2, 0.25) is 0 Å². The molecule has 4 nitrogen and oxygen atoms in total. The minimum absolute atomic E-state index is 0.0895. The van der Waals surface area contributed by atoms with Gasteiger partial charge in [0.25, 0.3) is 11.7 Å². The van der Waals surface area contributed by atoms with Crippen LogP contribution in [0.15, 0.2) is 47.4 Å². The number of ketones is 1. The van der Waals surface area contributed by atoms with Gasteiger partial charge in [-0.15, -0.1) is 0 Å². The first-order chi connectivity index (χ1) is 12.0. The van der Waals surface area contributed by atoms with Gasteiger partial charge in [0.1, 0.15) is 5.75 Å². The van der Waals surface area contributed by atoms with Gasteiger partial charge in [-0.25, -0.2) is 0 Å². The van der Waals surface area contributed by atoms with Gasteiger partial charge in [0.05, 0.1) is 0 Å². The Morgan fingerprint density at radius 1 is 1.16 bits per heavy atom. The second-order valence-electron chi connectivity index (χ2n) is 5.45. The highest BCUT2D eigenvalue weighted by Gasteiger charge is 2.22. The highest BCUT2D eigenvalue weighted by Crippen LogP contribution is 2.30. The first-order valence-corrected chi connectivity index (χ1v) is 8.53. The Hall–Kier alpha value is -2.41. The van der Waals surface area contributed by atoms with Gasteiger partial charge in [0.2, 0.25) is 0 Å². The van der Waals surface area contributed by atoms with Gasteiger partial charge in [-0.2, -0.15) is 8.78 Å². The number of carbonyl (C=O) groups is 2. The molecule has 7 heteroatoms. The fraction of sp³-hybridized carbons (Fsp3) is 0.222. The van der Waals surface area contributed by atoms with Crippen molar-refractivity contribution in [3.8, 4) is 5.75 Å². The van der Waals surface area contributed by atoms with Crippen molar-refractivity contribution in [2.75, 3.05) is 11.9 Å². The van der Waals surface area contributed by atoms with E-state index in [9.17, 15) is 18.4 Å². The van der Waals surface area contributed by atoms with E-state index in [2.05, 4.69) is 5.32 Å². The summed E-state index contributed by atoms with van der Waals surface area (Å²) >= 11 is 0.447. The van der Waals surface area contributed by atoms with Crippen LogP contribution in [0.4, 0.5) is 14.5 Å². The molecule has 0 unspecified atom stereocenters. The molecule has 0 saturated heterocycles. The predicted molar refractivity (Wildman–Crippen MR) is 91.5 cm³/mol. The van der Waals surface area contributed by atoms with Crippen molar-refractivity contribution >= 4 is 29.1 Å². The Kier molecular flexibility index (Phi) is 5.33. The highest BCUT2D eigenvalue weighted by atomic mass is 32.2. The molecule has 1 amide bonds. The third kappa shape index (κ3) is 4.36. The van der Waals surface area contributed by atoms with Crippen LogP contribution in [0.1, 0.15) is 22.3 Å². The van der Waals surface area contributed by atoms with E-state index in [4.69, 9.17) is 4.74 Å². The Labute approximate surface area is 147 Å². The second-order valence-corrected chi connectivity index (χ2v) is 6.51. The van der Waals surface area contributed by atoms with Gasteiger partial charge in [0, 0.05) is 28.1 Å². The maximum atomic E-state index is 12.3. The number of halogens is 2. The molecule has 1 N–H and O–H groups in total. The van der Waals surface area contributed by atoms with Gasteiger partial charge >= 0.3 is 0 Å². The largest absolute Gasteiger partial charge is 0.483 e. The van der Waals surface area contributed by atoms with Crippen molar-refractivity contribution in [2.24, 2.45) is 0 Å². The molecule has 1 aliphatic rings. The van der Waals surface area contributed by atoms with E-state index in [0.29, 0.717) is 46.5 Å². The van der Waals surface area contributed by atoms with E-state index in [1.165, 1.54) is 12.1 Å². The molecule has 0 heterocycles. The van der Waals surface area contributed by atoms with E-state index in [-0.39, 0.29) is 18.3 Å². The number of benzene rings is 2. The number of hydrogen-bond acceptors (Lipinski definition) is 4. The Morgan fingerprint density at radius 3 is 2.64 bits per heavy atom.